The van der Waals surface area contributed by atoms with Crippen molar-refractivity contribution in [3.8, 4) is 17.2 Å². The van der Waals surface area contributed by atoms with Gasteiger partial charge in [-0.05, 0) is 72.2 Å². The summed E-state index contributed by atoms with van der Waals surface area (Å²) < 4.78 is 10.7. The molecule has 0 radical (unpaired) electrons. The number of methoxy groups -OCH3 is 2. The molecule has 2 atom stereocenters. The van der Waals surface area contributed by atoms with Gasteiger partial charge in [-0.15, -0.1) is 0 Å². The van der Waals surface area contributed by atoms with E-state index in [0.29, 0.717) is 17.8 Å². The fraction of sp³-hybridized carbons (Fsp3) is 0.586. The molecular weight excluding hydrogens is 410 g/mol. The third-order valence-electron chi connectivity index (χ3n) is 6.42. The molecule has 0 spiro atoms. The number of nitrogens with zero attached hydrogens (tertiary/aromatic N) is 1. The predicted octanol–water partition coefficient (Wildman–Crippen LogP) is 7.48. The molecular formula is C29H45NO3. The van der Waals surface area contributed by atoms with Gasteiger partial charge in [-0.25, -0.2) is 0 Å². The van der Waals surface area contributed by atoms with Crippen LogP contribution in [0.2, 0.25) is 0 Å². The summed E-state index contributed by atoms with van der Waals surface area (Å²) in [5, 5.41) is 10.2. The van der Waals surface area contributed by atoms with Crippen LogP contribution < -0.4 is 9.47 Å². The average Bonchev–Trinajstić information content (AvgIpc) is 3.62. The Kier molecular flexibility index (Phi) is 10.6. The maximum absolute atomic E-state index is 10.2. The molecule has 1 aliphatic carbocycles. The zero-order valence-corrected chi connectivity index (χ0v) is 22.1. The van der Waals surface area contributed by atoms with Crippen LogP contribution >= 0.6 is 0 Å². The average molecular weight is 456 g/mol. The van der Waals surface area contributed by atoms with Crippen LogP contribution in [0.5, 0.6) is 17.2 Å². The van der Waals surface area contributed by atoms with E-state index >= 15 is 0 Å². The van der Waals surface area contributed by atoms with Gasteiger partial charge >= 0.3 is 0 Å². The summed E-state index contributed by atoms with van der Waals surface area (Å²) in [6.07, 6.45) is 6.18. The molecule has 1 N–H and O–H groups in total. The molecule has 1 unspecified atom stereocenters. The quantitative estimate of drug-likeness (QED) is 0.509. The Balaban J connectivity index is 0.000000367. The molecule has 184 valence electrons. The number of ether oxygens (including phenoxy) is 2. The number of phenols is 1. The van der Waals surface area contributed by atoms with E-state index in [-0.39, 0.29) is 5.75 Å². The molecule has 4 nitrogen and oxygen atoms in total. The second kappa shape index (κ2) is 12.9. The Morgan fingerprint density at radius 1 is 0.939 bits per heavy atom. The van der Waals surface area contributed by atoms with E-state index in [9.17, 15) is 5.11 Å². The molecule has 2 heterocycles. The van der Waals surface area contributed by atoms with E-state index in [1.165, 1.54) is 41.5 Å². The van der Waals surface area contributed by atoms with Crippen LogP contribution in [0, 0.1) is 5.92 Å². The summed E-state index contributed by atoms with van der Waals surface area (Å²) in [6.45, 7) is 13.8. The molecule has 4 heteroatoms. The third kappa shape index (κ3) is 6.66. The van der Waals surface area contributed by atoms with Crippen LogP contribution in [-0.2, 0) is 12.8 Å². The van der Waals surface area contributed by atoms with E-state index in [0.717, 1.165) is 31.1 Å². The van der Waals surface area contributed by atoms with Crippen molar-refractivity contribution in [2.24, 2.45) is 5.92 Å². The van der Waals surface area contributed by atoms with Crippen molar-refractivity contribution in [3.63, 3.8) is 0 Å². The number of fused-ring (bicyclic) bond motifs is 4. The molecule has 0 aromatic heterocycles. The maximum Gasteiger partial charge on any atom is 0.160 e. The summed E-state index contributed by atoms with van der Waals surface area (Å²) in [6, 6.07) is 11.0. The molecule has 33 heavy (non-hydrogen) atoms. The Morgan fingerprint density at radius 3 is 2.12 bits per heavy atom. The van der Waals surface area contributed by atoms with Crippen LogP contribution in [0.25, 0.3) is 0 Å². The Morgan fingerprint density at radius 2 is 1.58 bits per heavy atom. The molecule has 0 saturated heterocycles. The van der Waals surface area contributed by atoms with E-state index in [4.69, 9.17) is 9.47 Å². The highest BCUT2D eigenvalue weighted by Gasteiger charge is 2.36. The number of phenolic OH excluding ortho intramolecular Hbond substituents is 1. The normalized spacial score (nSPS) is 20.1. The van der Waals surface area contributed by atoms with Crippen molar-refractivity contribution >= 4 is 0 Å². The predicted molar refractivity (Wildman–Crippen MR) is 139 cm³/mol. The lowest BCUT2D eigenvalue weighted by molar-refractivity contribution is 0.117. The Labute approximate surface area is 201 Å². The van der Waals surface area contributed by atoms with Gasteiger partial charge in [0.25, 0.3) is 0 Å². The topological polar surface area (TPSA) is 41.9 Å². The lowest BCUT2D eigenvalue weighted by Crippen LogP contribution is -2.41. The first-order valence-electron chi connectivity index (χ1n) is 12.8. The highest BCUT2D eigenvalue weighted by Crippen LogP contribution is 2.46. The molecule has 0 bridgehead atoms. The zero-order chi connectivity index (χ0) is 24.5. The smallest absolute Gasteiger partial charge is 0.160 e. The van der Waals surface area contributed by atoms with Crippen LogP contribution in [0.4, 0.5) is 0 Å². The Bertz CT molecular complexity index is 875. The van der Waals surface area contributed by atoms with Crippen molar-refractivity contribution in [2.45, 2.75) is 85.7 Å². The number of rotatable bonds is 2. The summed E-state index contributed by atoms with van der Waals surface area (Å²) in [5.41, 5.74) is 5.24. The van der Waals surface area contributed by atoms with Gasteiger partial charge in [0, 0.05) is 18.6 Å². The molecule has 0 amide bonds. The van der Waals surface area contributed by atoms with Crippen LogP contribution in [0.3, 0.4) is 0 Å². The van der Waals surface area contributed by atoms with E-state index in [2.05, 4.69) is 44.7 Å². The van der Waals surface area contributed by atoms with Crippen LogP contribution in [-0.4, -0.2) is 30.8 Å². The largest absolute Gasteiger partial charge is 0.504 e. The molecule has 1 fully saturated rings. The van der Waals surface area contributed by atoms with Gasteiger partial charge in [-0.2, -0.15) is 0 Å². The SMILES string of the molecule is CC.CC1CC1.CCC.COc1ccc2c(c1)CCN1C(C)c3cc(OC)c(O)cc3C[C@@H]21. The van der Waals surface area contributed by atoms with Gasteiger partial charge in [0.05, 0.1) is 14.2 Å². The zero-order valence-electron chi connectivity index (χ0n) is 22.1. The number of aromatic hydroxyl groups is 1. The minimum atomic E-state index is 0.225. The van der Waals surface area contributed by atoms with Crippen molar-refractivity contribution in [3.05, 3.63) is 52.6 Å². The maximum atomic E-state index is 10.2. The first kappa shape index (κ1) is 27.0. The third-order valence-corrected chi connectivity index (χ3v) is 6.42. The minimum absolute atomic E-state index is 0.225. The van der Waals surface area contributed by atoms with Gasteiger partial charge in [-0.1, -0.05) is 59.9 Å². The molecule has 2 aromatic carbocycles. The number of hydrogen-bond acceptors (Lipinski definition) is 4. The van der Waals surface area contributed by atoms with Crippen molar-refractivity contribution in [1.82, 2.24) is 4.90 Å². The summed E-state index contributed by atoms with van der Waals surface area (Å²) in [5.74, 6) is 2.79. The molecule has 1 saturated carbocycles. The lowest BCUT2D eigenvalue weighted by atomic mass is 9.81. The molecule has 2 aromatic rings. The fourth-order valence-corrected chi connectivity index (χ4v) is 4.44. The van der Waals surface area contributed by atoms with E-state index in [1.54, 1.807) is 14.2 Å². The first-order valence-corrected chi connectivity index (χ1v) is 12.8. The molecule has 2 aliphatic heterocycles. The summed E-state index contributed by atoms with van der Waals surface area (Å²) in [7, 11) is 3.31. The lowest BCUT2D eigenvalue weighted by Gasteiger charge is -2.45. The molecule has 3 aliphatic rings. The van der Waals surface area contributed by atoms with E-state index in [1.807, 2.05) is 32.0 Å². The van der Waals surface area contributed by atoms with Crippen molar-refractivity contribution in [1.29, 1.82) is 0 Å². The highest BCUT2D eigenvalue weighted by molar-refractivity contribution is 5.50. The van der Waals surface area contributed by atoms with Crippen LogP contribution in [0.1, 0.15) is 95.1 Å². The van der Waals surface area contributed by atoms with Crippen molar-refractivity contribution < 1.29 is 14.6 Å². The van der Waals surface area contributed by atoms with Gasteiger partial charge < -0.3 is 14.6 Å². The van der Waals surface area contributed by atoms with Gasteiger partial charge in [0.2, 0.25) is 0 Å². The second-order valence-electron chi connectivity index (χ2n) is 9.06. The van der Waals surface area contributed by atoms with E-state index < -0.39 is 0 Å². The van der Waals surface area contributed by atoms with Crippen LogP contribution in [0.15, 0.2) is 30.3 Å². The first-order chi connectivity index (χ1) is 15.9. The monoisotopic (exact) mass is 455 g/mol. The Hall–Kier alpha value is -2.20. The second-order valence-corrected chi connectivity index (χ2v) is 9.06. The highest BCUT2D eigenvalue weighted by atomic mass is 16.5. The summed E-state index contributed by atoms with van der Waals surface area (Å²) in [4.78, 5) is 2.56. The number of benzene rings is 2. The number of hydrogen-bond donors (Lipinski definition) is 1. The van der Waals surface area contributed by atoms with Crippen molar-refractivity contribution in [2.75, 3.05) is 20.8 Å². The standard InChI is InChI=1S/C20H23NO3.C4H8.C3H8.C2H6/c1-12-17-11-20(24-3)19(22)10-14(17)9-18-16-5-4-15(23-2)8-13(16)6-7-21(12)18;1-4-2-3-4;1-3-2;1-2/h4-5,8,10-12,18,22H,6-7,9H2,1-3H3;4H,2-3H2,1H3;3H2,1-2H3;1-2H3/t12?,18-;;;/m0.../s1. The minimum Gasteiger partial charge on any atom is -0.504 e. The molecule has 5 rings (SSSR count). The fourth-order valence-electron chi connectivity index (χ4n) is 4.44. The van der Waals surface area contributed by atoms with Gasteiger partial charge in [0.1, 0.15) is 5.75 Å². The van der Waals surface area contributed by atoms with Gasteiger partial charge in [0.15, 0.2) is 11.5 Å². The summed E-state index contributed by atoms with van der Waals surface area (Å²) >= 11 is 0. The van der Waals surface area contributed by atoms with Gasteiger partial charge in [-0.3, -0.25) is 4.90 Å².